The Morgan fingerprint density at radius 3 is 1.42 bits per heavy atom. The highest BCUT2D eigenvalue weighted by Gasteiger charge is 2.61. The van der Waals surface area contributed by atoms with Crippen LogP contribution in [0.1, 0.15) is 264 Å². The molecule has 0 N–H and O–H groups in total. The molecule has 17 unspecified atom stereocenters. The van der Waals surface area contributed by atoms with E-state index < -0.39 is 0 Å². The molecule has 0 aromatic rings. The zero-order chi connectivity index (χ0) is 43.9. The molecule has 0 amide bonds. The average Bonchev–Trinajstić information content (AvgIpc) is 4.04. The summed E-state index contributed by atoms with van der Waals surface area (Å²) in [6.45, 7) is 5.62. The molecule has 0 heterocycles. The summed E-state index contributed by atoms with van der Waals surface area (Å²) in [5.41, 5.74) is 0.574. The van der Waals surface area contributed by atoms with Crippen molar-refractivity contribution >= 4 is 0 Å². The molecule has 0 saturated heterocycles. The first kappa shape index (κ1) is 45.8. The molecule has 0 bridgehead atoms. The van der Waals surface area contributed by atoms with Crippen LogP contribution < -0.4 is 0 Å². The molecule has 13 fully saturated rings. The van der Waals surface area contributed by atoms with Gasteiger partial charge in [0.1, 0.15) is 0 Å². The van der Waals surface area contributed by atoms with Crippen molar-refractivity contribution in [1.29, 1.82) is 0 Å². The zero-order valence-corrected chi connectivity index (χ0v) is 43.8. The molecule has 13 aliphatic carbocycles. The summed E-state index contributed by atoms with van der Waals surface area (Å²) in [7, 11) is 0. The van der Waals surface area contributed by atoms with Gasteiger partial charge in [-0.1, -0.05) is 123 Å². The zero-order valence-electron chi connectivity index (χ0n) is 43.8. The van der Waals surface area contributed by atoms with Crippen molar-refractivity contribution in [3.8, 4) is 0 Å². The standard InChI is InChI=1S/C65H107N/c1-65(2)61-23-12-11-21-56(61)57-35-34-54(41-62(57)65)66(52-31-28-46(29-32-52)45-26-24-44(25-27-45)42-14-5-3-6-15-42)53-33-30-49-38-51-37-47-18-9-10-20-55(47)64(63(51)60(49)40-53)58-22-13-19-48-36-50(39-59(48)58)43-16-7-4-8-17-43/h42-64H,3-41H2,1-2H3. The molecule has 0 spiro atoms. The van der Waals surface area contributed by atoms with E-state index in [-0.39, 0.29) is 0 Å². The lowest BCUT2D eigenvalue weighted by molar-refractivity contribution is -0.0743. The van der Waals surface area contributed by atoms with Crippen molar-refractivity contribution in [2.24, 2.45) is 124 Å². The van der Waals surface area contributed by atoms with Gasteiger partial charge in [0.05, 0.1) is 0 Å². The molecule has 0 aliphatic heterocycles. The number of fused-ring (bicyclic) bond motifs is 8. The summed E-state index contributed by atoms with van der Waals surface area (Å²) in [6.07, 6.45) is 62.1. The Morgan fingerprint density at radius 1 is 0.242 bits per heavy atom. The minimum Gasteiger partial charge on any atom is -0.294 e. The lowest BCUT2D eigenvalue weighted by Crippen LogP contribution is -2.56. The normalized spacial score (nSPS) is 52.1. The van der Waals surface area contributed by atoms with Crippen LogP contribution in [0, 0.1) is 124 Å². The Balaban J connectivity index is 0.758. The van der Waals surface area contributed by atoms with E-state index in [1.54, 1.807) is 231 Å². The topological polar surface area (TPSA) is 3.24 Å². The number of rotatable bonds is 7. The maximum absolute atomic E-state index is 3.54. The first-order chi connectivity index (χ1) is 32.5. The number of hydrogen-bond donors (Lipinski definition) is 0. The molecule has 13 aliphatic rings. The third-order valence-electron chi connectivity index (χ3n) is 27.4. The molecule has 0 radical (unpaired) electrons. The monoisotopic (exact) mass is 902 g/mol. The molecule has 66 heavy (non-hydrogen) atoms. The van der Waals surface area contributed by atoms with E-state index in [4.69, 9.17) is 0 Å². The fourth-order valence-electron chi connectivity index (χ4n) is 24.8. The van der Waals surface area contributed by atoms with Gasteiger partial charge in [0, 0.05) is 18.1 Å². The van der Waals surface area contributed by atoms with E-state index in [0.717, 1.165) is 136 Å². The maximum Gasteiger partial charge on any atom is 0.0104 e. The molecule has 1 heteroatoms. The first-order valence-electron chi connectivity index (χ1n) is 32.2. The summed E-state index contributed by atoms with van der Waals surface area (Å²) in [4.78, 5) is 3.54. The van der Waals surface area contributed by atoms with Gasteiger partial charge in [-0.25, -0.2) is 0 Å². The molecule has 13 rings (SSSR count). The molecule has 0 aromatic heterocycles. The molecule has 17 atom stereocenters. The Morgan fingerprint density at radius 2 is 0.697 bits per heavy atom. The molecule has 13 saturated carbocycles. The number of hydrogen-bond acceptors (Lipinski definition) is 1. The van der Waals surface area contributed by atoms with Crippen LogP contribution >= 0.6 is 0 Å². The molecule has 0 aromatic carbocycles. The predicted octanol–water partition coefficient (Wildman–Crippen LogP) is 18.1. The van der Waals surface area contributed by atoms with Crippen LogP contribution in [-0.2, 0) is 0 Å². The van der Waals surface area contributed by atoms with Crippen molar-refractivity contribution < 1.29 is 0 Å². The van der Waals surface area contributed by atoms with Crippen LogP contribution in [0.4, 0.5) is 0 Å². The summed E-state index contributed by atoms with van der Waals surface area (Å²) in [6, 6.07) is 2.72. The second-order valence-corrected chi connectivity index (χ2v) is 29.8. The minimum absolute atomic E-state index is 0.574. The predicted molar refractivity (Wildman–Crippen MR) is 277 cm³/mol. The van der Waals surface area contributed by atoms with Crippen LogP contribution in [0.3, 0.4) is 0 Å². The van der Waals surface area contributed by atoms with E-state index >= 15 is 0 Å². The Bertz CT molecular complexity index is 1580. The smallest absolute Gasteiger partial charge is 0.0104 e. The van der Waals surface area contributed by atoms with E-state index in [1.165, 1.54) is 19.3 Å². The van der Waals surface area contributed by atoms with Crippen LogP contribution in [-0.4, -0.2) is 23.0 Å². The van der Waals surface area contributed by atoms with E-state index in [9.17, 15) is 0 Å². The van der Waals surface area contributed by atoms with Gasteiger partial charge < -0.3 is 0 Å². The SMILES string of the molecule is CC1(C)C2CCCCC2C2CCC(N(C3CCC(C4CCC(C5CCCCC5)CC4)CC3)C3CCC4CC5CC6CCCCC6C(C6CCCC7CC(C8CCCCC8)CC76)C5C4C3)CC21. The fourth-order valence-corrected chi connectivity index (χ4v) is 24.8. The van der Waals surface area contributed by atoms with Crippen molar-refractivity contribution in [3.05, 3.63) is 0 Å². The largest absolute Gasteiger partial charge is 0.294 e. The molecular formula is C65H107N. The Kier molecular flexibility index (Phi) is 13.5. The third kappa shape index (κ3) is 8.38. The average molecular weight is 903 g/mol. The second kappa shape index (κ2) is 19.4. The van der Waals surface area contributed by atoms with E-state index in [1.807, 2.05) is 0 Å². The maximum atomic E-state index is 3.54. The number of nitrogens with zero attached hydrogens (tertiary/aromatic N) is 1. The van der Waals surface area contributed by atoms with Crippen molar-refractivity contribution in [1.82, 2.24) is 4.90 Å². The Labute approximate surface area is 409 Å². The highest BCUT2D eigenvalue weighted by atomic mass is 15.2. The van der Waals surface area contributed by atoms with E-state index in [2.05, 4.69) is 18.7 Å². The van der Waals surface area contributed by atoms with Crippen LogP contribution in [0.5, 0.6) is 0 Å². The van der Waals surface area contributed by atoms with Crippen LogP contribution in [0.2, 0.25) is 0 Å². The third-order valence-corrected chi connectivity index (χ3v) is 27.4. The summed E-state index contributed by atoms with van der Waals surface area (Å²) in [5, 5.41) is 0. The molecular weight excluding hydrogens is 795 g/mol. The highest BCUT2D eigenvalue weighted by Crippen LogP contribution is 2.68. The molecule has 372 valence electrons. The quantitative estimate of drug-likeness (QED) is 0.246. The lowest BCUT2D eigenvalue weighted by Gasteiger charge is -2.56. The highest BCUT2D eigenvalue weighted by molar-refractivity contribution is 5.11. The van der Waals surface area contributed by atoms with Crippen LogP contribution in [0.15, 0.2) is 0 Å². The van der Waals surface area contributed by atoms with Crippen molar-refractivity contribution in [2.75, 3.05) is 0 Å². The van der Waals surface area contributed by atoms with Gasteiger partial charge in [-0.3, -0.25) is 4.90 Å². The minimum atomic E-state index is 0.574. The Hall–Kier alpha value is -0.0400. The fraction of sp³-hybridized carbons (Fsp3) is 1.00. The van der Waals surface area contributed by atoms with Gasteiger partial charge in [0.25, 0.3) is 0 Å². The molecule has 1 nitrogen and oxygen atoms in total. The lowest BCUT2D eigenvalue weighted by atomic mass is 9.50. The summed E-state index contributed by atoms with van der Waals surface area (Å²) < 4.78 is 0. The van der Waals surface area contributed by atoms with Crippen molar-refractivity contribution in [2.45, 2.75) is 282 Å². The first-order valence-corrected chi connectivity index (χ1v) is 32.2. The summed E-state index contributed by atoms with van der Waals surface area (Å²) >= 11 is 0. The second-order valence-electron chi connectivity index (χ2n) is 29.8. The van der Waals surface area contributed by atoms with Crippen molar-refractivity contribution in [3.63, 3.8) is 0 Å². The van der Waals surface area contributed by atoms with Gasteiger partial charge >= 0.3 is 0 Å². The van der Waals surface area contributed by atoms with Gasteiger partial charge in [-0.05, 0) is 265 Å². The van der Waals surface area contributed by atoms with Gasteiger partial charge in [0.2, 0.25) is 0 Å². The summed E-state index contributed by atoms with van der Waals surface area (Å²) in [5.74, 6) is 21.8. The van der Waals surface area contributed by atoms with Gasteiger partial charge in [0.15, 0.2) is 0 Å². The van der Waals surface area contributed by atoms with E-state index in [0.29, 0.717) is 5.41 Å². The van der Waals surface area contributed by atoms with Gasteiger partial charge in [-0.15, -0.1) is 0 Å². The van der Waals surface area contributed by atoms with Crippen LogP contribution in [0.25, 0.3) is 0 Å². The van der Waals surface area contributed by atoms with Gasteiger partial charge in [-0.2, -0.15) is 0 Å².